The maximum absolute atomic E-state index is 12.2. The average Bonchev–Trinajstić information content (AvgIpc) is 2.36. The van der Waals surface area contributed by atoms with Crippen molar-refractivity contribution in [3.8, 4) is 5.75 Å². The number of ether oxygens (including phenoxy) is 1. The molecular weight excluding hydrogens is 264 g/mol. The van der Waals surface area contributed by atoms with E-state index in [1.54, 1.807) is 7.11 Å². The second-order valence-corrected chi connectivity index (χ2v) is 6.89. The SMILES string of the molecule is COc1ccc(C(C)(C)C)cc1NC(=O)[C@H](N)CC(C)C. The molecule has 1 amide bonds. The van der Waals surface area contributed by atoms with Crippen molar-refractivity contribution in [2.24, 2.45) is 11.7 Å². The number of methoxy groups -OCH3 is 1. The second-order valence-electron chi connectivity index (χ2n) is 6.89. The molecule has 0 aliphatic rings. The Morgan fingerprint density at radius 1 is 1.33 bits per heavy atom. The lowest BCUT2D eigenvalue weighted by Crippen LogP contribution is -2.36. The first kappa shape index (κ1) is 17.5. The van der Waals surface area contributed by atoms with Crippen LogP contribution in [0.3, 0.4) is 0 Å². The molecule has 0 unspecified atom stereocenters. The Bertz CT molecular complexity index is 490. The van der Waals surface area contributed by atoms with Crippen LogP contribution in [0.15, 0.2) is 18.2 Å². The lowest BCUT2D eigenvalue weighted by atomic mass is 9.87. The summed E-state index contributed by atoms with van der Waals surface area (Å²) in [4.78, 5) is 12.2. The molecule has 1 rings (SSSR count). The van der Waals surface area contributed by atoms with Gasteiger partial charge in [0.25, 0.3) is 0 Å². The fraction of sp³-hybridized carbons (Fsp3) is 0.588. The number of carbonyl (C=O) groups excluding carboxylic acids is 1. The third kappa shape index (κ3) is 5.05. The van der Waals surface area contributed by atoms with Gasteiger partial charge in [-0.2, -0.15) is 0 Å². The molecule has 1 aromatic rings. The zero-order valence-corrected chi connectivity index (χ0v) is 14.0. The molecule has 0 bridgehead atoms. The molecule has 0 spiro atoms. The van der Waals surface area contributed by atoms with Crippen LogP contribution < -0.4 is 15.8 Å². The van der Waals surface area contributed by atoms with Crippen LogP contribution in [0.5, 0.6) is 5.75 Å². The van der Waals surface area contributed by atoms with E-state index in [2.05, 4.69) is 26.1 Å². The summed E-state index contributed by atoms with van der Waals surface area (Å²) < 4.78 is 5.32. The summed E-state index contributed by atoms with van der Waals surface area (Å²) in [5.41, 5.74) is 7.74. The minimum Gasteiger partial charge on any atom is -0.495 e. The molecule has 0 radical (unpaired) electrons. The summed E-state index contributed by atoms with van der Waals surface area (Å²) in [5, 5.41) is 2.89. The first-order chi connectivity index (χ1) is 9.65. The zero-order valence-electron chi connectivity index (χ0n) is 14.0. The van der Waals surface area contributed by atoms with E-state index in [4.69, 9.17) is 10.5 Å². The molecule has 118 valence electrons. The molecule has 4 nitrogen and oxygen atoms in total. The van der Waals surface area contributed by atoms with Gasteiger partial charge >= 0.3 is 0 Å². The first-order valence-corrected chi connectivity index (χ1v) is 7.40. The number of nitrogens with one attached hydrogen (secondary N) is 1. The molecule has 0 fully saturated rings. The van der Waals surface area contributed by atoms with E-state index in [0.717, 1.165) is 5.56 Å². The van der Waals surface area contributed by atoms with Crippen LogP contribution in [-0.4, -0.2) is 19.1 Å². The molecule has 3 N–H and O–H groups in total. The molecule has 0 aliphatic heterocycles. The van der Waals surface area contributed by atoms with Crippen molar-refractivity contribution in [3.05, 3.63) is 23.8 Å². The van der Waals surface area contributed by atoms with E-state index in [0.29, 0.717) is 23.8 Å². The third-order valence-electron chi connectivity index (χ3n) is 3.39. The van der Waals surface area contributed by atoms with Gasteiger partial charge in [0, 0.05) is 0 Å². The Hall–Kier alpha value is -1.55. The highest BCUT2D eigenvalue weighted by Gasteiger charge is 2.19. The second kappa shape index (κ2) is 6.94. The summed E-state index contributed by atoms with van der Waals surface area (Å²) >= 11 is 0. The molecule has 0 aliphatic carbocycles. The lowest BCUT2D eigenvalue weighted by Gasteiger charge is -2.22. The van der Waals surface area contributed by atoms with Gasteiger partial charge in [0.05, 0.1) is 18.8 Å². The van der Waals surface area contributed by atoms with Crippen molar-refractivity contribution in [2.75, 3.05) is 12.4 Å². The fourth-order valence-electron chi connectivity index (χ4n) is 2.11. The van der Waals surface area contributed by atoms with E-state index >= 15 is 0 Å². The smallest absolute Gasteiger partial charge is 0.241 e. The number of amides is 1. The third-order valence-corrected chi connectivity index (χ3v) is 3.39. The summed E-state index contributed by atoms with van der Waals surface area (Å²) in [6, 6.07) is 5.35. The van der Waals surface area contributed by atoms with Crippen LogP contribution in [0, 0.1) is 5.92 Å². The number of benzene rings is 1. The van der Waals surface area contributed by atoms with Crippen molar-refractivity contribution in [1.82, 2.24) is 0 Å². The largest absolute Gasteiger partial charge is 0.495 e. The van der Waals surface area contributed by atoms with E-state index in [1.165, 1.54) is 0 Å². The highest BCUT2D eigenvalue weighted by molar-refractivity contribution is 5.96. The van der Waals surface area contributed by atoms with Gasteiger partial charge in [-0.15, -0.1) is 0 Å². The van der Waals surface area contributed by atoms with Crippen LogP contribution in [0.25, 0.3) is 0 Å². The maximum atomic E-state index is 12.2. The van der Waals surface area contributed by atoms with Crippen molar-refractivity contribution in [2.45, 2.75) is 52.5 Å². The zero-order chi connectivity index (χ0) is 16.2. The highest BCUT2D eigenvalue weighted by atomic mass is 16.5. The van der Waals surface area contributed by atoms with Gasteiger partial charge in [-0.3, -0.25) is 4.79 Å². The Labute approximate surface area is 128 Å². The number of hydrogen-bond acceptors (Lipinski definition) is 3. The predicted molar refractivity (Wildman–Crippen MR) is 87.8 cm³/mol. The Morgan fingerprint density at radius 3 is 2.43 bits per heavy atom. The van der Waals surface area contributed by atoms with Crippen molar-refractivity contribution in [1.29, 1.82) is 0 Å². The van der Waals surface area contributed by atoms with Crippen LogP contribution in [-0.2, 0) is 10.2 Å². The van der Waals surface area contributed by atoms with Crippen molar-refractivity contribution in [3.63, 3.8) is 0 Å². The molecule has 0 saturated carbocycles. The minimum absolute atomic E-state index is 0.00575. The number of hydrogen-bond donors (Lipinski definition) is 2. The Morgan fingerprint density at radius 2 is 1.95 bits per heavy atom. The van der Waals surface area contributed by atoms with E-state index in [9.17, 15) is 4.79 Å². The number of rotatable bonds is 5. The van der Waals surface area contributed by atoms with Gasteiger partial charge in [0.2, 0.25) is 5.91 Å². The molecule has 0 aromatic heterocycles. The summed E-state index contributed by atoms with van der Waals surface area (Å²) in [6.45, 7) is 10.5. The topological polar surface area (TPSA) is 64.3 Å². The monoisotopic (exact) mass is 292 g/mol. The molecule has 4 heteroatoms. The molecule has 0 saturated heterocycles. The Kier molecular flexibility index (Phi) is 5.78. The Balaban J connectivity index is 2.97. The van der Waals surface area contributed by atoms with Gasteiger partial charge in [-0.1, -0.05) is 40.7 Å². The predicted octanol–water partition coefficient (Wildman–Crippen LogP) is 3.30. The number of nitrogens with two attached hydrogens (primary N) is 1. The van der Waals surface area contributed by atoms with Gasteiger partial charge in [-0.25, -0.2) is 0 Å². The van der Waals surface area contributed by atoms with Gasteiger partial charge in [0.1, 0.15) is 5.75 Å². The van der Waals surface area contributed by atoms with Crippen molar-refractivity contribution >= 4 is 11.6 Å². The van der Waals surface area contributed by atoms with Gasteiger partial charge in [-0.05, 0) is 35.4 Å². The summed E-state index contributed by atoms with van der Waals surface area (Å²) in [7, 11) is 1.59. The standard InChI is InChI=1S/C17H28N2O2/c1-11(2)9-13(18)16(20)19-14-10-12(17(3,4)5)7-8-15(14)21-6/h7-8,10-11,13H,9,18H2,1-6H3,(H,19,20)/t13-/m1/s1. The van der Waals surface area contributed by atoms with E-state index in [-0.39, 0.29) is 11.3 Å². The highest BCUT2D eigenvalue weighted by Crippen LogP contribution is 2.31. The fourth-order valence-corrected chi connectivity index (χ4v) is 2.11. The van der Waals surface area contributed by atoms with Crippen LogP contribution in [0.2, 0.25) is 0 Å². The summed E-state index contributed by atoms with van der Waals surface area (Å²) in [6.07, 6.45) is 0.660. The quantitative estimate of drug-likeness (QED) is 0.875. The van der Waals surface area contributed by atoms with Gasteiger partial charge < -0.3 is 15.8 Å². The molecule has 1 aromatic carbocycles. The first-order valence-electron chi connectivity index (χ1n) is 7.40. The lowest BCUT2D eigenvalue weighted by molar-refractivity contribution is -0.117. The molecule has 1 atom stereocenters. The van der Waals surface area contributed by atoms with Crippen LogP contribution in [0.1, 0.15) is 46.6 Å². The van der Waals surface area contributed by atoms with E-state index < -0.39 is 6.04 Å². The maximum Gasteiger partial charge on any atom is 0.241 e. The molecule has 21 heavy (non-hydrogen) atoms. The minimum atomic E-state index is -0.506. The average molecular weight is 292 g/mol. The van der Waals surface area contributed by atoms with Crippen molar-refractivity contribution < 1.29 is 9.53 Å². The van der Waals surface area contributed by atoms with Crippen LogP contribution >= 0.6 is 0 Å². The van der Waals surface area contributed by atoms with Gasteiger partial charge in [0.15, 0.2) is 0 Å². The van der Waals surface area contributed by atoms with E-state index in [1.807, 2.05) is 32.0 Å². The molecule has 0 heterocycles. The number of anilines is 1. The van der Waals surface area contributed by atoms with Crippen LogP contribution in [0.4, 0.5) is 5.69 Å². The summed E-state index contributed by atoms with van der Waals surface area (Å²) in [5.74, 6) is 0.856. The molecular formula is C17H28N2O2. The normalized spacial score (nSPS) is 13.1. The number of carbonyl (C=O) groups is 1.